The number of rotatable bonds is 3. The van der Waals surface area contributed by atoms with Gasteiger partial charge in [0.05, 0.1) is 12.8 Å². The Bertz CT molecular complexity index is 1400. The number of anilines is 1. The molecule has 0 unspecified atom stereocenters. The molecule has 2 atom stereocenters. The molecule has 6 nitrogen and oxygen atoms in total. The molecule has 0 bridgehead atoms. The average Bonchev–Trinajstić information content (AvgIpc) is 3.31. The number of hydrogen-bond acceptors (Lipinski definition) is 5. The Morgan fingerprint density at radius 1 is 1.03 bits per heavy atom. The molecule has 4 aromatic rings. The van der Waals surface area contributed by atoms with E-state index in [4.69, 9.17) is 32.7 Å². The van der Waals surface area contributed by atoms with Crippen molar-refractivity contribution >= 4 is 34.8 Å². The van der Waals surface area contributed by atoms with Crippen molar-refractivity contribution in [1.82, 2.24) is 14.8 Å². The zero-order chi connectivity index (χ0) is 22.5. The second-order valence-corrected chi connectivity index (χ2v) is 8.66. The predicted octanol–water partition coefficient (Wildman–Crippen LogP) is 6.15. The highest BCUT2D eigenvalue weighted by Crippen LogP contribution is 2.51. The lowest BCUT2D eigenvalue weighted by molar-refractivity contribution is 0.223. The SMILES string of the molecule is COc1ccc([C@H]2Oc3ccccc3C3=C2[C@H](c2ccc(Cl)cc2Cl)n2ncnc2N3)cc1. The molecule has 0 spiro atoms. The number of hydrogen-bond donors (Lipinski definition) is 1. The topological polar surface area (TPSA) is 61.2 Å². The van der Waals surface area contributed by atoms with Crippen molar-refractivity contribution in [3.8, 4) is 11.5 Å². The van der Waals surface area contributed by atoms with E-state index in [1.54, 1.807) is 13.2 Å². The number of para-hydroxylation sites is 1. The first kappa shape index (κ1) is 20.1. The average molecular weight is 477 g/mol. The van der Waals surface area contributed by atoms with Crippen LogP contribution in [0.4, 0.5) is 5.95 Å². The first-order chi connectivity index (χ1) is 16.1. The lowest BCUT2D eigenvalue weighted by atomic mass is 9.84. The van der Waals surface area contributed by atoms with Gasteiger partial charge in [0.25, 0.3) is 0 Å². The fraction of sp³-hybridized carbons (Fsp3) is 0.120. The molecule has 164 valence electrons. The van der Waals surface area contributed by atoms with E-state index in [0.717, 1.165) is 39.5 Å². The Morgan fingerprint density at radius 3 is 2.64 bits per heavy atom. The van der Waals surface area contributed by atoms with Gasteiger partial charge in [0.2, 0.25) is 5.95 Å². The summed E-state index contributed by atoms with van der Waals surface area (Å²) in [6.07, 6.45) is 1.15. The molecule has 0 radical (unpaired) electrons. The quantitative estimate of drug-likeness (QED) is 0.383. The lowest BCUT2D eigenvalue weighted by Gasteiger charge is -2.39. The summed E-state index contributed by atoms with van der Waals surface area (Å²) < 4.78 is 13.8. The Labute approximate surface area is 200 Å². The molecular formula is C25H18Cl2N4O2. The summed E-state index contributed by atoms with van der Waals surface area (Å²) in [6, 6.07) is 21.0. The largest absolute Gasteiger partial charge is 0.497 e. The molecule has 3 heterocycles. The number of methoxy groups -OCH3 is 1. The Kier molecular flexibility index (Phi) is 4.78. The maximum Gasteiger partial charge on any atom is 0.226 e. The number of halogens is 2. The van der Waals surface area contributed by atoms with Crippen LogP contribution in [0.2, 0.25) is 10.0 Å². The van der Waals surface area contributed by atoms with E-state index < -0.39 is 0 Å². The molecule has 0 fully saturated rings. The van der Waals surface area contributed by atoms with Crippen LogP contribution in [0.5, 0.6) is 11.5 Å². The molecule has 3 aromatic carbocycles. The molecule has 0 saturated carbocycles. The monoisotopic (exact) mass is 476 g/mol. The molecule has 2 aliphatic heterocycles. The predicted molar refractivity (Wildman–Crippen MR) is 128 cm³/mol. The van der Waals surface area contributed by atoms with Gasteiger partial charge in [0, 0.05) is 21.2 Å². The van der Waals surface area contributed by atoms with Gasteiger partial charge in [-0.3, -0.25) is 0 Å². The van der Waals surface area contributed by atoms with Gasteiger partial charge in [0.15, 0.2) is 0 Å². The molecule has 2 aliphatic rings. The third kappa shape index (κ3) is 3.25. The second kappa shape index (κ2) is 7.83. The third-order valence-electron chi connectivity index (χ3n) is 6.00. The molecule has 0 saturated heterocycles. The van der Waals surface area contributed by atoms with Crippen LogP contribution < -0.4 is 14.8 Å². The molecule has 1 N–H and O–H groups in total. The van der Waals surface area contributed by atoms with E-state index in [2.05, 4.69) is 15.4 Å². The van der Waals surface area contributed by atoms with Crippen molar-refractivity contribution in [2.45, 2.75) is 12.1 Å². The van der Waals surface area contributed by atoms with Crippen molar-refractivity contribution in [2.24, 2.45) is 0 Å². The molecule has 33 heavy (non-hydrogen) atoms. The van der Waals surface area contributed by atoms with Gasteiger partial charge in [-0.2, -0.15) is 10.1 Å². The minimum absolute atomic E-state index is 0.344. The highest BCUT2D eigenvalue weighted by atomic mass is 35.5. The zero-order valence-electron chi connectivity index (χ0n) is 17.5. The number of nitrogens with zero attached hydrogens (tertiary/aromatic N) is 3. The van der Waals surface area contributed by atoms with Gasteiger partial charge < -0.3 is 14.8 Å². The summed E-state index contributed by atoms with van der Waals surface area (Å²) in [5.41, 5.74) is 4.73. The number of fused-ring (bicyclic) bond motifs is 3. The minimum Gasteiger partial charge on any atom is -0.497 e. The number of nitrogens with one attached hydrogen (secondary N) is 1. The summed E-state index contributed by atoms with van der Waals surface area (Å²) in [4.78, 5) is 4.44. The standard InChI is InChI=1S/C25H18Cl2N4O2/c1-32-16-9-6-14(7-10-16)24-21-22(18-4-2-3-5-20(18)33-24)30-25-28-13-29-31(25)23(21)17-11-8-15(26)12-19(17)27/h2-13,23-24H,1H3,(H,28,29,30)/t23-,24+/m0/s1. The van der Waals surface area contributed by atoms with E-state index in [9.17, 15) is 0 Å². The van der Waals surface area contributed by atoms with Gasteiger partial charge in [-0.05, 0) is 47.5 Å². The first-order valence-corrected chi connectivity index (χ1v) is 11.1. The van der Waals surface area contributed by atoms with Gasteiger partial charge >= 0.3 is 0 Å². The summed E-state index contributed by atoms with van der Waals surface area (Å²) in [5.74, 6) is 2.20. The second-order valence-electron chi connectivity index (χ2n) is 7.82. The summed E-state index contributed by atoms with van der Waals surface area (Å²) in [5, 5.41) is 9.13. The number of aromatic nitrogens is 3. The molecule has 1 aromatic heterocycles. The molecule has 6 rings (SSSR count). The fourth-order valence-corrected chi connectivity index (χ4v) is 5.01. The normalized spacial score (nSPS) is 18.5. The van der Waals surface area contributed by atoms with Crippen LogP contribution in [0, 0.1) is 0 Å². The molecule has 8 heteroatoms. The van der Waals surface area contributed by atoms with E-state index in [0.29, 0.717) is 16.0 Å². The highest BCUT2D eigenvalue weighted by Gasteiger charge is 2.41. The molecule has 0 aliphatic carbocycles. The summed E-state index contributed by atoms with van der Waals surface area (Å²) >= 11 is 12.9. The van der Waals surface area contributed by atoms with Crippen LogP contribution in [0.1, 0.15) is 28.8 Å². The zero-order valence-corrected chi connectivity index (χ0v) is 19.0. The van der Waals surface area contributed by atoms with Crippen LogP contribution in [-0.2, 0) is 0 Å². The van der Waals surface area contributed by atoms with Crippen molar-refractivity contribution in [1.29, 1.82) is 0 Å². The van der Waals surface area contributed by atoms with Gasteiger partial charge in [-0.15, -0.1) is 0 Å². The van der Waals surface area contributed by atoms with Crippen LogP contribution in [0.3, 0.4) is 0 Å². The molecular weight excluding hydrogens is 459 g/mol. The third-order valence-corrected chi connectivity index (χ3v) is 6.56. The van der Waals surface area contributed by atoms with Crippen LogP contribution in [-0.4, -0.2) is 21.9 Å². The maximum absolute atomic E-state index is 6.71. The van der Waals surface area contributed by atoms with Crippen LogP contribution >= 0.6 is 23.2 Å². The maximum atomic E-state index is 6.71. The Hall–Kier alpha value is -3.48. The van der Waals surface area contributed by atoms with Gasteiger partial charge in [-0.1, -0.05) is 53.5 Å². The van der Waals surface area contributed by atoms with Crippen molar-refractivity contribution in [3.63, 3.8) is 0 Å². The van der Waals surface area contributed by atoms with Crippen molar-refractivity contribution < 1.29 is 9.47 Å². The van der Waals surface area contributed by atoms with Gasteiger partial charge in [-0.25, -0.2) is 4.68 Å². The number of ether oxygens (including phenoxy) is 2. The van der Waals surface area contributed by atoms with Crippen molar-refractivity contribution in [2.75, 3.05) is 12.4 Å². The number of benzene rings is 3. The lowest BCUT2D eigenvalue weighted by Crippen LogP contribution is -2.32. The fourth-order valence-electron chi connectivity index (χ4n) is 4.49. The highest BCUT2D eigenvalue weighted by molar-refractivity contribution is 6.35. The Balaban J connectivity index is 1.62. The summed E-state index contributed by atoms with van der Waals surface area (Å²) in [6.45, 7) is 0. The van der Waals surface area contributed by atoms with Crippen molar-refractivity contribution in [3.05, 3.63) is 105 Å². The first-order valence-electron chi connectivity index (χ1n) is 10.4. The summed E-state index contributed by atoms with van der Waals surface area (Å²) in [7, 11) is 1.65. The van der Waals surface area contributed by atoms with Gasteiger partial charge in [0.1, 0.15) is 30.0 Å². The van der Waals surface area contributed by atoms with Crippen LogP contribution in [0.25, 0.3) is 5.70 Å². The smallest absolute Gasteiger partial charge is 0.226 e. The van der Waals surface area contributed by atoms with E-state index in [-0.39, 0.29) is 12.1 Å². The van der Waals surface area contributed by atoms with Crippen LogP contribution in [0.15, 0.2) is 78.6 Å². The van der Waals surface area contributed by atoms with E-state index in [1.807, 2.05) is 65.3 Å². The molecule has 0 amide bonds. The van der Waals surface area contributed by atoms with E-state index >= 15 is 0 Å². The Morgan fingerprint density at radius 2 is 1.85 bits per heavy atom. The minimum atomic E-state index is -0.387. The van der Waals surface area contributed by atoms with E-state index in [1.165, 1.54) is 6.33 Å².